The van der Waals surface area contributed by atoms with Gasteiger partial charge in [-0.05, 0) is 61.0 Å². The van der Waals surface area contributed by atoms with E-state index in [2.05, 4.69) is 5.10 Å². The molecular formula is C22H18F2N2O2. The number of aromatic nitrogens is 2. The van der Waals surface area contributed by atoms with Crippen LogP contribution in [0.15, 0.2) is 79.0 Å². The van der Waals surface area contributed by atoms with Crippen LogP contribution in [0.2, 0.25) is 0 Å². The number of aliphatic hydroxyl groups is 1. The Kier molecular flexibility index (Phi) is 4.57. The molecule has 3 aromatic carbocycles. The smallest absolute Gasteiger partial charge is 0.270 e. The van der Waals surface area contributed by atoms with E-state index in [4.69, 9.17) is 4.74 Å². The molecule has 0 fully saturated rings. The zero-order chi connectivity index (χ0) is 19.7. The average molecular weight is 380 g/mol. The lowest BCUT2D eigenvalue weighted by Gasteiger charge is -2.28. The Balaban J connectivity index is 1.63. The minimum absolute atomic E-state index is 0.132. The fourth-order valence-corrected chi connectivity index (χ4v) is 3.00. The van der Waals surface area contributed by atoms with Crippen molar-refractivity contribution in [2.75, 3.05) is 0 Å². The predicted octanol–water partition coefficient (Wildman–Crippen LogP) is 4.75. The maximum atomic E-state index is 14.7. The van der Waals surface area contributed by atoms with Crippen LogP contribution >= 0.6 is 0 Å². The maximum Gasteiger partial charge on any atom is 0.270 e. The molecule has 142 valence electrons. The van der Waals surface area contributed by atoms with E-state index in [1.54, 1.807) is 29.1 Å². The summed E-state index contributed by atoms with van der Waals surface area (Å²) in [5, 5.41) is 15.9. The van der Waals surface area contributed by atoms with Gasteiger partial charge in [0.1, 0.15) is 11.6 Å². The van der Waals surface area contributed by atoms with Gasteiger partial charge in [-0.3, -0.25) is 0 Å². The summed E-state index contributed by atoms with van der Waals surface area (Å²) in [5.41, 5.74) is 0.181. The molecule has 6 heteroatoms. The van der Waals surface area contributed by atoms with Crippen LogP contribution in [0.4, 0.5) is 8.78 Å². The summed E-state index contributed by atoms with van der Waals surface area (Å²) in [5.74, 6) is -0.317. The van der Waals surface area contributed by atoms with Gasteiger partial charge in [0, 0.05) is 5.39 Å². The molecule has 4 nitrogen and oxygen atoms in total. The van der Waals surface area contributed by atoms with Crippen molar-refractivity contribution in [2.24, 2.45) is 0 Å². The van der Waals surface area contributed by atoms with Crippen molar-refractivity contribution in [3.8, 4) is 11.4 Å². The molecule has 0 saturated heterocycles. The lowest BCUT2D eigenvalue weighted by atomic mass is 9.95. The van der Waals surface area contributed by atoms with Gasteiger partial charge >= 0.3 is 0 Å². The summed E-state index contributed by atoms with van der Waals surface area (Å²) in [6.07, 6.45) is -0.379. The van der Waals surface area contributed by atoms with Crippen molar-refractivity contribution in [3.05, 3.63) is 90.4 Å². The Morgan fingerprint density at radius 3 is 2.46 bits per heavy atom. The maximum absolute atomic E-state index is 14.7. The molecule has 0 amide bonds. The molecule has 1 aromatic heterocycles. The zero-order valence-electron chi connectivity index (χ0n) is 15.1. The van der Waals surface area contributed by atoms with E-state index in [0.29, 0.717) is 5.56 Å². The Morgan fingerprint density at radius 1 is 1.04 bits per heavy atom. The molecule has 0 aliphatic heterocycles. The number of alkyl halides is 1. The Morgan fingerprint density at radius 2 is 1.75 bits per heavy atom. The number of fused-ring (bicyclic) bond motifs is 1. The van der Waals surface area contributed by atoms with Crippen LogP contribution in [-0.2, 0) is 5.60 Å². The van der Waals surface area contributed by atoms with Crippen LogP contribution in [0.1, 0.15) is 12.5 Å². The normalized spacial score (nSPS) is 14.6. The van der Waals surface area contributed by atoms with Crippen molar-refractivity contribution in [1.82, 2.24) is 9.78 Å². The number of halogens is 2. The molecule has 2 atom stereocenters. The van der Waals surface area contributed by atoms with E-state index in [9.17, 15) is 13.9 Å². The SMILES string of the molecule is CC(O)(c1ccc2c(cnn2-c2ccccc2)c1)C(F)Oc1ccc(F)cc1. The summed E-state index contributed by atoms with van der Waals surface area (Å²) in [6.45, 7) is 1.34. The first-order chi connectivity index (χ1) is 13.4. The summed E-state index contributed by atoms with van der Waals surface area (Å²) >= 11 is 0. The fourth-order valence-electron chi connectivity index (χ4n) is 3.00. The molecule has 1 heterocycles. The van der Waals surface area contributed by atoms with Gasteiger partial charge in [-0.2, -0.15) is 9.49 Å². The second-order valence-electron chi connectivity index (χ2n) is 6.70. The number of ether oxygens (including phenoxy) is 1. The van der Waals surface area contributed by atoms with Crippen LogP contribution in [0.5, 0.6) is 5.75 Å². The summed E-state index contributed by atoms with van der Waals surface area (Å²) in [6, 6.07) is 19.7. The molecular weight excluding hydrogens is 362 g/mol. The first-order valence-electron chi connectivity index (χ1n) is 8.77. The molecule has 28 heavy (non-hydrogen) atoms. The Hall–Kier alpha value is -3.25. The first kappa shape index (κ1) is 18.1. The van der Waals surface area contributed by atoms with Crippen LogP contribution in [-0.4, -0.2) is 21.2 Å². The molecule has 2 unspecified atom stereocenters. The van der Waals surface area contributed by atoms with Gasteiger partial charge < -0.3 is 9.84 Å². The van der Waals surface area contributed by atoms with Crippen molar-refractivity contribution >= 4 is 10.9 Å². The third-order valence-corrected chi connectivity index (χ3v) is 4.65. The molecule has 0 aliphatic carbocycles. The van der Waals surface area contributed by atoms with E-state index in [0.717, 1.165) is 16.6 Å². The Bertz CT molecular complexity index is 1090. The van der Waals surface area contributed by atoms with Crippen molar-refractivity contribution in [1.29, 1.82) is 0 Å². The van der Waals surface area contributed by atoms with Crippen molar-refractivity contribution < 1.29 is 18.6 Å². The van der Waals surface area contributed by atoms with Gasteiger partial charge in [0.2, 0.25) is 0 Å². The number of para-hydroxylation sites is 1. The molecule has 4 rings (SSSR count). The highest BCUT2D eigenvalue weighted by molar-refractivity contribution is 5.81. The molecule has 4 aromatic rings. The van der Waals surface area contributed by atoms with Crippen LogP contribution in [0, 0.1) is 5.82 Å². The van der Waals surface area contributed by atoms with Crippen LogP contribution < -0.4 is 4.74 Å². The lowest BCUT2D eigenvalue weighted by Crippen LogP contribution is -2.37. The third-order valence-electron chi connectivity index (χ3n) is 4.65. The van der Waals surface area contributed by atoms with E-state index in [1.165, 1.54) is 31.2 Å². The predicted molar refractivity (Wildman–Crippen MR) is 103 cm³/mol. The van der Waals surface area contributed by atoms with Gasteiger partial charge in [-0.15, -0.1) is 0 Å². The standard InChI is InChI=1S/C22H18F2N2O2/c1-22(27,21(24)28-19-10-8-17(23)9-11-19)16-7-12-20-15(13-16)14-25-26(20)18-5-3-2-4-6-18/h2-14,21,27H,1H3. The number of hydrogen-bond donors (Lipinski definition) is 1. The van der Waals surface area contributed by atoms with Crippen molar-refractivity contribution in [3.63, 3.8) is 0 Å². The minimum atomic E-state index is -2.04. The fraction of sp³-hybridized carbons (Fsp3) is 0.136. The van der Waals surface area contributed by atoms with Gasteiger partial charge in [-0.25, -0.2) is 9.07 Å². The minimum Gasteiger partial charge on any atom is -0.457 e. The summed E-state index contributed by atoms with van der Waals surface area (Å²) < 4.78 is 34.7. The van der Waals surface area contributed by atoms with E-state index >= 15 is 0 Å². The zero-order valence-corrected chi connectivity index (χ0v) is 15.1. The summed E-state index contributed by atoms with van der Waals surface area (Å²) in [4.78, 5) is 0. The second-order valence-corrected chi connectivity index (χ2v) is 6.70. The highest BCUT2D eigenvalue weighted by Crippen LogP contribution is 2.31. The molecule has 0 spiro atoms. The number of benzene rings is 3. The average Bonchev–Trinajstić information content (AvgIpc) is 3.13. The molecule has 0 radical (unpaired) electrons. The number of hydrogen-bond acceptors (Lipinski definition) is 3. The molecule has 0 saturated carbocycles. The summed E-state index contributed by atoms with van der Waals surface area (Å²) in [7, 11) is 0. The topological polar surface area (TPSA) is 47.3 Å². The highest BCUT2D eigenvalue weighted by Gasteiger charge is 2.36. The quantitative estimate of drug-likeness (QED) is 0.544. The second kappa shape index (κ2) is 7.05. The Labute approximate surface area is 160 Å². The molecule has 1 N–H and O–H groups in total. The lowest BCUT2D eigenvalue weighted by molar-refractivity contribution is -0.119. The van der Waals surface area contributed by atoms with Gasteiger partial charge in [0.25, 0.3) is 6.36 Å². The van der Waals surface area contributed by atoms with Crippen LogP contribution in [0.25, 0.3) is 16.6 Å². The van der Waals surface area contributed by atoms with Crippen LogP contribution in [0.3, 0.4) is 0 Å². The van der Waals surface area contributed by atoms with E-state index < -0.39 is 17.8 Å². The molecule has 0 bridgehead atoms. The largest absolute Gasteiger partial charge is 0.457 e. The number of nitrogens with zero attached hydrogens (tertiary/aromatic N) is 2. The van der Waals surface area contributed by atoms with Gasteiger partial charge in [0.05, 0.1) is 17.4 Å². The monoisotopic (exact) mass is 380 g/mol. The van der Waals surface area contributed by atoms with Crippen molar-refractivity contribution in [2.45, 2.75) is 18.9 Å². The third kappa shape index (κ3) is 3.34. The first-order valence-corrected chi connectivity index (χ1v) is 8.77. The van der Waals surface area contributed by atoms with Gasteiger partial charge in [0.15, 0.2) is 5.60 Å². The number of rotatable bonds is 5. The highest BCUT2D eigenvalue weighted by atomic mass is 19.1. The molecule has 0 aliphatic rings. The van der Waals surface area contributed by atoms with E-state index in [-0.39, 0.29) is 5.75 Å². The van der Waals surface area contributed by atoms with E-state index in [1.807, 2.05) is 30.3 Å². The van der Waals surface area contributed by atoms with Gasteiger partial charge in [-0.1, -0.05) is 24.3 Å².